The lowest BCUT2D eigenvalue weighted by Gasteiger charge is -2.31. The Morgan fingerprint density at radius 3 is 2.41 bits per heavy atom. The second-order valence-electron chi connectivity index (χ2n) is 10.1. The van der Waals surface area contributed by atoms with Gasteiger partial charge in [0.25, 0.3) is 11.5 Å². The molecule has 2 heterocycles. The number of hydrogen-bond donors (Lipinski definition) is 1. The van der Waals surface area contributed by atoms with Gasteiger partial charge in [-0.05, 0) is 55.1 Å². The van der Waals surface area contributed by atoms with Gasteiger partial charge in [0.05, 0.1) is 17.9 Å². The standard InChI is InChI=1S/C31H31FN4O5/c1-3-41-30(39)25(33-29(38)28-21(9-5-12-24(28)32)19-35-15-7-16-35)18-20-8-4-11-23-22(20)10-6-13-26(23)36-27(37)14-17-34(2)31(36)40/h4-6,8-14,17,25H,3,7,15-16,18-19H2,1-2H3,(H,33,38)/t25-/m0/s1. The number of amides is 1. The minimum atomic E-state index is -1.11. The average molecular weight is 559 g/mol. The van der Waals surface area contributed by atoms with E-state index in [1.807, 2.05) is 6.07 Å². The van der Waals surface area contributed by atoms with Crippen LogP contribution >= 0.6 is 0 Å². The number of fused-ring (bicyclic) bond motifs is 1. The highest BCUT2D eigenvalue weighted by atomic mass is 19.1. The zero-order chi connectivity index (χ0) is 29.1. The van der Waals surface area contributed by atoms with E-state index in [1.165, 1.54) is 22.9 Å². The largest absolute Gasteiger partial charge is 0.464 e. The van der Waals surface area contributed by atoms with E-state index in [9.17, 15) is 23.6 Å². The molecule has 9 nitrogen and oxygen atoms in total. The van der Waals surface area contributed by atoms with Crippen molar-refractivity contribution >= 4 is 22.6 Å². The van der Waals surface area contributed by atoms with Gasteiger partial charge in [-0.15, -0.1) is 0 Å². The van der Waals surface area contributed by atoms with Crippen LogP contribution in [0, 0.1) is 5.82 Å². The van der Waals surface area contributed by atoms with Gasteiger partial charge in [0.1, 0.15) is 11.9 Å². The number of carbonyl (C=O) groups is 2. The predicted octanol–water partition coefficient (Wildman–Crippen LogP) is 2.94. The number of ether oxygens (including phenoxy) is 1. The highest BCUT2D eigenvalue weighted by molar-refractivity contribution is 5.99. The Bertz CT molecular complexity index is 1740. The number of likely N-dealkylation sites (tertiary alicyclic amines) is 1. The van der Waals surface area contributed by atoms with Gasteiger partial charge in [0.2, 0.25) is 0 Å². The molecule has 1 aliphatic rings. The van der Waals surface area contributed by atoms with Crippen molar-refractivity contribution in [2.75, 3.05) is 19.7 Å². The Kier molecular flexibility index (Phi) is 8.11. The van der Waals surface area contributed by atoms with E-state index in [-0.39, 0.29) is 18.6 Å². The summed E-state index contributed by atoms with van der Waals surface area (Å²) in [5.41, 5.74) is 0.572. The molecule has 0 saturated carbocycles. The maximum atomic E-state index is 15.0. The highest BCUT2D eigenvalue weighted by Crippen LogP contribution is 2.26. The summed E-state index contributed by atoms with van der Waals surface area (Å²) in [5.74, 6) is -2.01. The number of hydrogen-bond acceptors (Lipinski definition) is 6. The number of aromatic nitrogens is 2. The van der Waals surface area contributed by atoms with Crippen molar-refractivity contribution in [3.8, 4) is 5.69 Å². The topological polar surface area (TPSA) is 103 Å². The molecule has 1 amide bonds. The van der Waals surface area contributed by atoms with E-state index < -0.39 is 35.0 Å². The van der Waals surface area contributed by atoms with Crippen LogP contribution in [-0.2, 0) is 29.5 Å². The Morgan fingerprint density at radius 1 is 0.976 bits per heavy atom. The summed E-state index contributed by atoms with van der Waals surface area (Å²) < 4.78 is 22.6. The van der Waals surface area contributed by atoms with Crippen molar-refractivity contribution in [3.63, 3.8) is 0 Å². The summed E-state index contributed by atoms with van der Waals surface area (Å²) in [5, 5.41) is 4.02. The van der Waals surface area contributed by atoms with E-state index in [4.69, 9.17) is 4.74 Å². The second-order valence-corrected chi connectivity index (χ2v) is 10.1. The van der Waals surface area contributed by atoms with Gasteiger partial charge >= 0.3 is 11.7 Å². The van der Waals surface area contributed by atoms with E-state index in [2.05, 4.69) is 10.2 Å². The smallest absolute Gasteiger partial charge is 0.335 e. The molecule has 5 rings (SSSR count). The zero-order valence-electron chi connectivity index (χ0n) is 22.9. The molecule has 0 radical (unpaired) electrons. The van der Waals surface area contributed by atoms with Crippen molar-refractivity contribution < 1.29 is 18.7 Å². The van der Waals surface area contributed by atoms with E-state index in [0.717, 1.165) is 24.1 Å². The molecule has 10 heteroatoms. The normalized spacial score (nSPS) is 13.9. The van der Waals surface area contributed by atoms with Crippen LogP contribution in [0.1, 0.15) is 34.8 Å². The summed E-state index contributed by atoms with van der Waals surface area (Å²) in [6.07, 6.45) is 2.51. The molecule has 0 spiro atoms. The number of halogens is 1. The third-order valence-electron chi connectivity index (χ3n) is 7.35. The summed E-state index contributed by atoms with van der Waals surface area (Å²) in [4.78, 5) is 54.1. The van der Waals surface area contributed by atoms with E-state index in [0.29, 0.717) is 34.1 Å². The molecular weight excluding hydrogens is 527 g/mol. The lowest BCUT2D eigenvalue weighted by Crippen LogP contribution is -2.44. The minimum Gasteiger partial charge on any atom is -0.464 e. The Morgan fingerprint density at radius 2 is 1.68 bits per heavy atom. The Hall–Kier alpha value is -4.57. The maximum absolute atomic E-state index is 15.0. The van der Waals surface area contributed by atoms with Crippen LogP contribution in [0.2, 0.25) is 0 Å². The molecule has 0 unspecified atom stereocenters. The molecule has 3 aromatic carbocycles. The fourth-order valence-corrected chi connectivity index (χ4v) is 5.14. The first kappa shape index (κ1) is 28.0. The van der Waals surface area contributed by atoms with Crippen molar-refractivity contribution in [2.24, 2.45) is 7.05 Å². The number of aryl methyl sites for hydroxylation is 1. The van der Waals surface area contributed by atoms with Crippen molar-refractivity contribution in [1.29, 1.82) is 0 Å². The van der Waals surface area contributed by atoms with Crippen molar-refractivity contribution in [1.82, 2.24) is 19.4 Å². The lowest BCUT2D eigenvalue weighted by atomic mass is 9.97. The summed E-state index contributed by atoms with van der Waals surface area (Å²) in [7, 11) is 1.56. The van der Waals surface area contributed by atoms with Crippen LogP contribution in [0.4, 0.5) is 4.39 Å². The SMILES string of the molecule is CCOC(=O)[C@H](Cc1cccc2c(-n3c(=O)ccn(C)c3=O)cccc12)NC(=O)c1c(F)cccc1CN1CCC1. The number of carbonyl (C=O) groups excluding carboxylic acids is 2. The van der Waals surface area contributed by atoms with Gasteiger partial charge in [-0.2, -0.15) is 0 Å². The summed E-state index contributed by atoms with van der Waals surface area (Å²) in [6.45, 7) is 3.97. The van der Waals surface area contributed by atoms with Crippen LogP contribution in [0.15, 0.2) is 76.4 Å². The third kappa shape index (κ3) is 5.69. The van der Waals surface area contributed by atoms with Crippen LogP contribution in [0.25, 0.3) is 16.5 Å². The molecule has 1 aromatic heterocycles. The molecule has 4 aromatic rings. The first-order chi connectivity index (χ1) is 19.8. The van der Waals surface area contributed by atoms with Crippen LogP contribution in [0.3, 0.4) is 0 Å². The summed E-state index contributed by atoms with van der Waals surface area (Å²) >= 11 is 0. The maximum Gasteiger partial charge on any atom is 0.335 e. The first-order valence-electron chi connectivity index (χ1n) is 13.6. The first-order valence-corrected chi connectivity index (χ1v) is 13.6. The molecule has 1 aliphatic heterocycles. The van der Waals surface area contributed by atoms with Crippen LogP contribution in [-0.4, -0.2) is 51.6 Å². The highest BCUT2D eigenvalue weighted by Gasteiger charge is 2.28. The second kappa shape index (κ2) is 11.9. The monoisotopic (exact) mass is 558 g/mol. The Labute approximate surface area is 235 Å². The molecule has 1 N–H and O–H groups in total. The van der Waals surface area contributed by atoms with Gasteiger partial charge in [-0.25, -0.2) is 18.5 Å². The zero-order valence-corrected chi connectivity index (χ0v) is 22.9. The third-order valence-corrected chi connectivity index (χ3v) is 7.35. The molecule has 1 saturated heterocycles. The minimum absolute atomic E-state index is 0.0446. The van der Waals surface area contributed by atoms with Crippen molar-refractivity contribution in [2.45, 2.75) is 32.4 Å². The van der Waals surface area contributed by atoms with Crippen molar-refractivity contribution in [3.05, 3.63) is 110 Å². The molecular formula is C31H31FN4O5. The number of benzene rings is 3. The lowest BCUT2D eigenvalue weighted by molar-refractivity contribution is -0.145. The van der Waals surface area contributed by atoms with Gasteiger partial charge in [-0.1, -0.05) is 42.5 Å². The molecule has 0 bridgehead atoms. The molecule has 212 valence electrons. The number of esters is 1. The summed E-state index contributed by atoms with van der Waals surface area (Å²) in [6, 6.07) is 15.3. The number of rotatable bonds is 9. The van der Waals surface area contributed by atoms with Crippen LogP contribution in [0.5, 0.6) is 0 Å². The number of nitrogens with one attached hydrogen (secondary N) is 1. The van der Waals surface area contributed by atoms with Gasteiger partial charge < -0.3 is 14.6 Å². The van der Waals surface area contributed by atoms with Gasteiger partial charge in [0.15, 0.2) is 0 Å². The van der Waals surface area contributed by atoms with Gasteiger partial charge in [0, 0.05) is 37.7 Å². The number of nitrogens with zero attached hydrogens (tertiary/aromatic N) is 3. The van der Waals surface area contributed by atoms with E-state index >= 15 is 0 Å². The molecule has 41 heavy (non-hydrogen) atoms. The van der Waals surface area contributed by atoms with Gasteiger partial charge in [-0.3, -0.25) is 14.5 Å². The van der Waals surface area contributed by atoms with Crippen LogP contribution < -0.4 is 16.6 Å². The predicted molar refractivity (Wildman–Crippen MR) is 153 cm³/mol. The fraction of sp³-hybridized carbons (Fsp3) is 0.290. The quantitative estimate of drug-likeness (QED) is 0.317. The van der Waals surface area contributed by atoms with E-state index in [1.54, 1.807) is 56.4 Å². The fourth-order valence-electron chi connectivity index (χ4n) is 5.14. The molecule has 1 fully saturated rings. The Balaban J connectivity index is 1.51. The molecule has 0 aliphatic carbocycles. The molecule has 1 atom stereocenters. The average Bonchev–Trinajstić information content (AvgIpc) is 2.93.